The topological polar surface area (TPSA) is 15.3 Å². The van der Waals surface area contributed by atoms with Crippen LogP contribution >= 0.6 is 0 Å². The monoisotopic (exact) mass is 252 g/mol. The molecule has 1 N–H and O–H groups in total. The normalized spacial score (nSPS) is 32.0. The summed E-state index contributed by atoms with van der Waals surface area (Å²) >= 11 is 0. The van der Waals surface area contributed by atoms with E-state index in [0.717, 1.165) is 18.4 Å². The van der Waals surface area contributed by atoms with E-state index >= 15 is 0 Å². The summed E-state index contributed by atoms with van der Waals surface area (Å²) in [5, 5.41) is 3.65. The van der Waals surface area contributed by atoms with Gasteiger partial charge in [0.25, 0.3) is 0 Å². The van der Waals surface area contributed by atoms with Crippen LogP contribution in [-0.2, 0) is 0 Å². The highest BCUT2D eigenvalue weighted by molar-refractivity contribution is 4.86. The van der Waals surface area contributed by atoms with Gasteiger partial charge in [-0.1, -0.05) is 19.3 Å². The van der Waals surface area contributed by atoms with Gasteiger partial charge >= 0.3 is 0 Å². The van der Waals surface area contributed by atoms with Crippen molar-refractivity contribution in [2.45, 2.75) is 71.4 Å². The van der Waals surface area contributed by atoms with Crippen LogP contribution in [0.15, 0.2) is 0 Å². The molecule has 1 aliphatic heterocycles. The molecule has 2 rings (SSSR count). The van der Waals surface area contributed by atoms with Crippen LogP contribution < -0.4 is 5.32 Å². The van der Waals surface area contributed by atoms with Gasteiger partial charge in [0.1, 0.15) is 0 Å². The molecule has 1 saturated heterocycles. The van der Waals surface area contributed by atoms with E-state index in [0.29, 0.717) is 6.04 Å². The van der Waals surface area contributed by atoms with Gasteiger partial charge in [-0.05, 0) is 58.9 Å². The van der Waals surface area contributed by atoms with E-state index in [2.05, 4.69) is 37.9 Å². The van der Waals surface area contributed by atoms with Crippen molar-refractivity contribution in [1.29, 1.82) is 0 Å². The molecular formula is C16H32N2. The van der Waals surface area contributed by atoms with Gasteiger partial charge < -0.3 is 5.32 Å². The third-order valence-electron chi connectivity index (χ3n) is 4.87. The van der Waals surface area contributed by atoms with E-state index in [-0.39, 0.29) is 5.54 Å². The Morgan fingerprint density at radius 1 is 1.11 bits per heavy atom. The Balaban J connectivity index is 1.79. The van der Waals surface area contributed by atoms with E-state index in [1.807, 2.05) is 0 Å². The summed E-state index contributed by atoms with van der Waals surface area (Å²) in [4.78, 5) is 2.73. The zero-order valence-corrected chi connectivity index (χ0v) is 12.8. The minimum atomic E-state index is 0.247. The number of hydrogen-bond acceptors (Lipinski definition) is 2. The van der Waals surface area contributed by atoms with Crippen LogP contribution in [0.5, 0.6) is 0 Å². The maximum atomic E-state index is 3.65. The fraction of sp³-hybridized carbons (Fsp3) is 1.00. The molecule has 0 bridgehead atoms. The number of nitrogens with one attached hydrogen (secondary N) is 1. The summed E-state index contributed by atoms with van der Waals surface area (Å²) < 4.78 is 0. The van der Waals surface area contributed by atoms with Gasteiger partial charge in [-0.15, -0.1) is 0 Å². The van der Waals surface area contributed by atoms with Gasteiger partial charge in [0.2, 0.25) is 0 Å². The van der Waals surface area contributed by atoms with E-state index in [1.165, 1.54) is 45.2 Å². The van der Waals surface area contributed by atoms with Gasteiger partial charge in [-0.3, -0.25) is 4.90 Å². The number of rotatable bonds is 3. The summed E-state index contributed by atoms with van der Waals surface area (Å²) in [7, 11) is 0. The zero-order valence-electron chi connectivity index (χ0n) is 12.8. The van der Waals surface area contributed by atoms with Crippen LogP contribution in [0.25, 0.3) is 0 Å². The third kappa shape index (κ3) is 3.96. The molecule has 0 aromatic heterocycles. The second kappa shape index (κ2) is 5.92. The van der Waals surface area contributed by atoms with Gasteiger partial charge in [-0.2, -0.15) is 0 Å². The SMILES string of the molecule is CC(CNC(C)(C)C)N1CCC2CCCCC2C1. The van der Waals surface area contributed by atoms with Crippen LogP contribution in [0, 0.1) is 11.8 Å². The Kier molecular flexibility index (Phi) is 4.71. The number of hydrogen-bond donors (Lipinski definition) is 1. The minimum absolute atomic E-state index is 0.247. The molecule has 3 atom stereocenters. The number of fused-ring (bicyclic) bond motifs is 1. The van der Waals surface area contributed by atoms with Crippen LogP contribution in [0.3, 0.4) is 0 Å². The molecule has 2 aliphatic rings. The molecule has 106 valence electrons. The van der Waals surface area contributed by atoms with E-state index in [4.69, 9.17) is 0 Å². The predicted octanol–water partition coefficient (Wildman–Crippen LogP) is 3.28. The smallest absolute Gasteiger partial charge is 0.0192 e. The van der Waals surface area contributed by atoms with Crippen LogP contribution in [0.4, 0.5) is 0 Å². The largest absolute Gasteiger partial charge is 0.311 e. The van der Waals surface area contributed by atoms with E-state index < -0.39 is 0 Å². The van der Waals surface area contributed by atoms with Gasteiger partial charge in [0, 0.05) is 24.7 Å². The molecule has 0 spiro atoms. The molecule has 0 amide bonds. The molecule has 2 nitrogen and oxygen atoms in total. The predicted molar refractivity (Wildman–Crippen MR) is 78.9 cm³/mol. The molecule has 0 aromatic rings. The molecule has 2 heteroatoms. The summed E-state index contributed by atoms with van der Waals surface area (Å²) in [6.07, 6.45) is 7.41. The van der Waals surface area contributed by atoms with Crippen LogP contribution in [0.2, 0.25) is 0 Å². The quantitative estimate of drug-likeness (QED) is 0.829. The third-order valence-corrected chi connectivity index (χ3v) is 4.87. The fourth-order valence-corrected chi connectivity index (χ4v) is 3.61. The van der Waals surface area contributed by atoms with E-state index in [1.54, 1.807) is 0 Å². The molecular weight excluding hydrogens is 220 g/mol. The Bertz CT molecular complexity index is 256. The number of nitrogens with zero attached hydrogens (tertiary/aromatic N) is 1. The molecule has 18 heavy (non-hydrogen) atoms. The maximum Gasteiger partial charge on any atom is 0.0192 e. The lowest BCUT2D eigenvalue weighted by molar-refractivity contribution is 0.0599. The zero-order chi connectivity index (χ0) is 13.2. The van der Waals surface area contributed by atoms with Crippen molar-refractivity contribution in [1.82, 2.24) is 10.2 Å². The molecule has 1 heterocycles. The molecule has 1 saturated carbocycles. The van der Waals surface area contributed by atoms with Gasteiger partial charge in [-0.25, -0.2) is 0 Å². The molecule has 1 aliphatic carbocycles. The van der Waals surface area contributed by atoms with E-state index in [9.17, 15) is 0 Å². The summed E-state index contributed by atoms with van der Waals surface area (Å²) in [5.41, 5.74) is 0.247. The highest BCUT2D eigenvalue weighted by atomic mass is 15.2. The first kappa shape index (κ1) is 14.3. The Morgan fingerprint density at radius 3 is 2.44 bits per heavy atom. The summed E-state index contributed by atoms with van der Waals surface area (Å²) in [6, 6.07) is 0.687. The second-order valence-corrected chi connectivity index (χ2v) is 7.57. The molecule has 3 unspecified atom stereocenters. The lowest BCUT2D eigenvalue weighted by atomic mass is 9.75. The first-order valence-corrected chi connectivity index (χ1v) is 7.95. The summed E-state index contributed by atoms with van der Waals surface area (Å²) in [5.74, 6) is 2.06. The Morgan fingerprint density at radius 2 is 1.78 bits per heavy atom. The molecule has 0 radical (unpaired) electrons. The lowest BCUT2D eigenvalue weighted by Crippen LogP contribution is -2.51. The van der Waals surface area contributed by atoms with Crippen LogP contribution in [-0.4, -0.2) is 36.1 Å². The molecule has 2 fully saturated rings. The van der Waals surface area contributed by atoms with Crippen molar-refractivity contribution < 1.29 is 0 Å². The van der Waals surface area contributed by atoms with Crippen molar-refractivity contribution in [3.05, 3.63) is 0 Å². The first-order chi connectivity index (χ1) is 8.46. The first-order valence-electron chi connectivity index (χ1n) is 7.95. The summed E-state index contributed by atoms with van der Waals surface area (Å²) in [6.45, 7) is 13.0. The number of piperidine rings is 1. The average Bonchev–Trinajstić information content (AvgIpc) is 2.34. The average molecular weight is 252 g/mol. The highest BCUT2D eigenvalue weighted by Gasteiger charge is 2.32. The molecule has 0 aromatic carbocycles. The van der Waals surface area contributed by atoms with Gasteiger partial charge in [0.15, 0.2) is 0 Å². The van der Waals surface area contributed by atoms with Crippen molar-refractivity contribution in [2.75, 3.05) is 19.6 Å². The Labute approximate surface area is 114 Å². The van der Waals surface area contributed by atoms with Crippen molar-refractivity contribution in [3.8, 4) is 0 Å². The second-order valence-electron chi connectivity index (χ2n) is 7.57. The van der Waals surface area contributed by atoms with Gasteiger partial charge in [0.05, 0.1) is 0 Å². The standard InChI is InChI=1S/C16H32N2/c1-13(11-17-16(2,3)4)18-10-9-14-7-5-6-8-15(14)12-18/h13-15,17H,5-12H2,1-4H3. The highest BCUT2D eigenvalue weighted by Crippen LogP contribution is 2.36. The minimum Gasteiger partial charge on any atom is -0.311 e. The lowest BCUT2D eigenvalue weighted by Gasteiger charge is -2.44. The fourth-order valence-electron chi connectivity index (χ4n) is 3.61. The van der Waals surface area contributed by atoms with Crippen molar-refractivity contribution >= 4 is 0 Å². The number of likely N-dealkylation sites (tertiary alicyclic amines) is 1. The van der Waals surface area contributed by atoms with Crippen molar-refractivity contribution in [2.24, 2.45) is 11.8 Å². The maximum absolute atomic E-state index is 3.65. The van der Waals surface area contributed by atoms with Crippen molar-refractivity contribution in [3.63, 3.8) is 0 Å². The van der Waals surface area contributed by atoms with Crippen LogP contribution in [0.1, 0.15) is 59.8 Å². The Hall–Kier alpha value is -0.0800.